The first-order valence-electron chi connectivity index (χ1n) is 10.5. The van der Waals surface area contributed by atoms with E-state index in [-0.39, 0.29) is 18.8 Å². The van der Waals surface area contributed by atoms with Gasteiger partial charge in [-0.2, -0.15) is 0 Å². The van der Waals surface area contributed by atoms with E-state index in [9.17, 15) is 14.4 Å². The molecule has 0 saturated carbocycles. The van der Waals surface area contributed by atoms with Crippen molar-refractivity contribution in [2.75, 3.05) is 13.2 Å². The first kappa shape index (κ1) is 20.8. The van der Waals surface area contributed by atoms with Crippen LogP contribution in [-0.2, 0) is 20.8 Å². The highest BCUT2D eigenvalue weighted by Gasteiger charge is 2.33. The van der Waals surface area contributed by atoms with Gasteiger partial charge >= 0.3 is 11.9 Å². The van der Waals surface area contributed by atoms with Crippen molar-refractivity contribution in [2.24, 2.45) is 0 Å². The van der Waals surface area contributed by atoms with Crippen molar-refractivity contribution in [3.8, 4) is 11.4 Å². The van der Waals surface area contributed by atoms with Crippen LogP contribution in [0.2, 0.25) is 0 Å². The average Bonchev–Trinajstić information content (AvgIpc) is 3.11. The molecule has 1 unspecified atom stereocenters. The maximum atomic E-state index is 13.4. The topological polar surface area (TPSA) is 87.5 Å². The Morgan fingerprint density at radius 2 is 1.84 bits per heavy atom. The Morgan fingerprint density at radius 1 is 1.10 bits per heavy atom. The molecule has 160 valence electrons. The molecular weight excluding hydrogens is 396 g/mol. The molecule has 3 heterocycles. The minimum atomic E-state index is -0.748. The maximum absolute atomic E-state index is 13.4. The summed E-state index contributed by atoms with van der Waals surface area (Å²) in [7, 11) is 0. The molecular formula is C24H24N2O5. The van der Waals surface area contributed by atoms with Gasteiger partial charge in [0, 0.05) is 10.9 Å². The fourth-order valence-electron chi connectivity index (χ4n) is 4.13. The summed E-state index contributed by atoms with van der Waals surface area (Å²) in [5.74, 6) is -1.94. The lowest BCUT2D eigenvalue weighted by atomic mass is 9.92. The third-order valence-corrected chi connectivity index (χ3v) is 5.54. The number of carbonyl (C=O) groups is 2. The van der Waals surface area contributed by atoms with Crippen LogP contribution in [0.25, 0.3) is 22.3 Å². The molecule has 2 aromatic heterocycles. The number of rotatable bonds is 6. The van der Waals surface area contributed by atoms with Gasteiger partial charge in [0.15, 0.2) is 0 Å². The van der Waals surface area contributed by atoms with E-state index in [2.05, 4.69) is 0 Å². The van der Waals surface area contributed by atoms with Crippen LogP contribution in [0.3, 0.4) is 0 Å². The van der Waals surface area contributed by atoms with Gasteiger partial charge in [0.05, 0.1) is 42.6 Å². The van der Waals surface area contributed by atoms with Gasteiger partial charge in [-0.3, -0.25) is 9.59 Å². The van der Waals surface area contributed by atoms with Gasteiger partial charge in [0.2, 0.25) is 0 Å². The molecule has 7 nitrogen and oxygen atoms in total. The predicted molar refractivity (Wildman–Crippen MR) is 116 cm³/mol. The van der Waals surface area contributed by atoms with Crippen molar-refractivity contribution < 1.29 is 19.1 Å². The van der Waals surface area contributed by atoms with Gasteiger partial charge in [0.1, 0.15) is 5.56 Å². The average molecular weight is 420 g/mol. The lowest BCUT2D eigenvalue weighted by Gasteiger charge is -2.18. The Bertz CT molecular complexity index is 1240. The highest BCUT2D eigenvalue weighted by Crippen LogP contribution is 2.35. The molecule has 0 bridgehead atoms. The van der Waals surface area contributed by atoms with E-state index in [4.69, 9.17) is 14.5 Å². The Hall–Kier alpha value is -3.48. The second-order valence-electron chi connectivity index (χ2n) is 7.37. The van der Waals surface area contributed by atoms with Crippen LogP contribution < -0.4 is 5.56 Å². The van der Waals surface area contributed by atoms with Crippen LogP contribution in [0, 0.1) is 0 Å². The van der Waals surface area contributed by atoms with Crippen molar-refractivity contribution in [3.05, 3.63) is 63.4 Å². The summed E-state index contributed by atoms with van der Waals surface area (Å²) < 4.78 is 11.9. The highest BCUT2D eigenvalue weighted by molar-refractivity contribution is 5.94. The maximum Gasteiger partial charge on any atom is 0.344 e. The van der Waals surface area contributed by atoms with Crippen molar-refractivity contribution >= 4 is 22.8 Å². The molecule has 1 atom stereocenters. The normalized spacial score (nSPS) is 12.9. The fraction of sp³-hybridized carbons (Fsp3) is 0.333. The standard InChI is InChI=1S/C24H24N2O5/c1-4-16(23(28)30-5-2)17-12-19-21-15(11-14-9-7-8-10-18(14)25-21)13-26(19)22(27)20(17)24(29)31-6-3/h7-12,16H,4-6,13H2,1-3H3. The van der Waals surface area contributed by atoms with Crippen LogP contribution in [0.15, 0.2) is 41.2 Å². The zero-order valence-corrected chi connectivity index (χ0v) is 17.8. The van der Waals surface area contributed by atoms with Crippen molar-refractivity contribution in [1.29, 1.82) is 0 Å². The number of pyridine rings is 2. The summed E-state index contributed by atoms with van der Waals surface area (Å²) in [4.78, 5) is 43.6. The van der Waals surface area contributed by atoms with E-state index >= 15 is 0 Å². The summed E-state index contributed by atoms with van der Waals surface area (Å²) in [6.07, 6.45) is 0.381. The zero-order chi connectivity index (χ0) is 22.1. The smallest absolute Gasteiger partial charge is 0.344 e. The second kappa shape index (κ2) is 8.34. The molecule has 0 fully saturated rings. The monoisotopic (exact) mass is 420 g/mol. The quantitative estimate of drug-likeness (QED) is 0.443. The number of hydrogen-bond donors (Lipinski definition) is 0. The van der Waals surface area contributed by atoms with Gasteiger partial charge in [0.25, 0.3) is 5.56 Å². The Morgan fingerprint density at radius 3 is 2.55 bits per heavy atom. The Labute approximate surface area is 179 Å². The van der Waals surface area contributed by atoms with Crippen LogP contribution >= 0.6 is 0 Å². The molecule has 0 radical (unpaired) electrons. The van der Waals surface area contributed by atoms with E-state index in [1.54, 1.807) is 19.9 Å². The predicted octanol–water partition coefficient (Wildman–Crippen LogP) is 3.66. The number of ether oxygens (including phenoxy) is 2. The fourth-order valence-corrected chi connectivity index (χ4v) is 4.13. The third kappa shape index (κ3) is 3.50. The number of aromatic nitrogens is 2. The largest absolute Gasteiger partial charge is 0.466 e. The van der Waals surface area contributed by atoms with E-state index in [1.807, 2.05) is 37.3 Å². The van der Waals surface area contributed by atoms with Crippen LogP contribution in [0.5, 0.6) is 0 Å². The number of fused-ring (bicyclic) bond motifs is 4. The van der Waals surface area contributed by atoms with Gasteiger partial charge < -0.3 is 14.0 Å². The van der Waals surface area contributed by atoms with E-state index < -0.39 is 23.4 Å². The minimum Gasteiger partial charge on any atom is -0.466 e. The lowest BCUT2D eigenvalue weighted by Crippen LogP contribution is -2.31. The zero-order valence-electron chi connectivity index (χ0n) is 17.8. The van der Waals surface area contributed by atoms with Crippen molar-refractivity contribution in [2.45, 2.75) is 39.7 Å². The van der Waals surface area contributed by atoms with Crippen LogP contribution in [0.1, 0.15) is 54.6 Å². The molecule has 0 amide bonds. The molecule has 0 aliphatic carbocycles. The molecule has 4 rings (SSSR count). The molecule has 1 aliphatic heterocycles. The summed E-state index contributed by atoms with van der Waals surface area (Å²) in [6, 6.07) is 11.5. The van der Waals surface area contributed by atoms with Crippen LogP contribution in [-0.4, -0.2) is 34.7 Å². The van der Waals surface area contributed by atoms with Gasteiger partial charge in [-0.15, -0.1) is 0 Å². The van der Waals surface area contributed by atoms with Gasteiger partial charge in [-0.1, -0.05) is 25.1 Å². The highest BCUT2D eigenvalue weighted by atomic mass is 16.5. The number of para-hydroxylation sites is 1. The lowest BCUT2D eigenvalue weighted by molar-refractivity contribution is -0.145. The van der Waals surface area contributed by atoms with Gasteiger partial charge in [-0.25, -0.2) is 9.78 Å². The second-order valence-corrected chi connectivity index (χ2v) is 7.37. The molecule has 3 aromatic rings. The molecule has 31 heavy (non-hydrogen) atoms. The number of nitrogens with zero attached hydrogens (tertiary/aromatic N) is 2. The third-order valence-electron chi connectivity index (χ3n) is 5.54. The first-order valence-corrected chi connectivity index (χ1v) is 10.5. The number of carbonyl (C=O) groups excluding carboxylic acids is 2. The summed E-state index contributed by atoms with van der Waals surface area (Å²) >= 11 is 0. The van der Waals surface area contributed by atoms with Crippen molar-refractivity contribution in [1.82, 2.24) is 9.55 Å². The van der Waals surface area contributed by atoms with E-state index in [0.29, 0.717) is 29.9 Å². The molecule has 0 N–H and O–H groups in total. The molecule has 1 aromatic carbocycles. The molecule has 0 saturated heterocycles. The molecule has 7 heteroatoms. The molecule has 1 aliphatic rings. The summed E-state index contributed by atoms with van der Waals surface area (Å²) in [6.45, 7) is 5.87. The number of hydrogen-bond acceptors (Lipinski definition) is 6. The first-order chi connectivity index (χ1) is 15.0. The number of esters is 2. The van der Waals surface area contributed by atoms with E-state index in [0.717, 1.165) is 16.5 Å². The summed E-state index contributed by atoms with van der Waals surface area (Å²) in [5.41, 5.74) is 2.74. The van der Waals surface area contributed by atoms with Gasteiger partial charge in [-0.05, 0) is 44.0 Å². The molecule has 0 spiro atoms. The Balaban J connectivity index is 1.96. The van der Waals surface area contributed by atoms with Crippen molar-refractivity contribution in [3.63, 3.8) is 0 Å². The SMILES string of the molecule is CCOC(=O)c1c(C(CC)C(=O)OCC)cc2n(c1=O)Cc1cc3ccccc3nc1-2. The Kier molecular flexibility index (Phi) is 5.59. The van der Waals surface area contributed by atoms with E-state index in [1.165, 1.54) is 4.57 Å². The summed E-state index contributed by atoms with van der Waals surface area (Å²) in [5, 5.41) is 0.978. The van der Waals surface area contributed by atoms with Crippen LogP contribution in [0.4, 0.5) is 0 Å². The minimum absolute atomic E-state index is 0.108. The number of benzene rings is 1.